The first-order valence-corrected chi connectivity index (χ1v) is 7.60. The smallest absolute Gasteiger partial charge is 0.241 e. The molecule has 3 aliphatic rings. The number of carbonyl (C=O) groups excluding carboxylic acids is 2. The molecule has 2 saturated heterocycles. The molecule has 2 fully saturated rings. The van der Waals surface area contributed by atoms with E-state index in [2.05, 4.69) is 22.6 Å². The summed E-state index contributed by atoms with van der Waals surface area (Å²) >= 11 is 2.20. The number of carbonyl (C=O) groups is 2. The van der Waals surface area contributed by atoms with Crippen LogP contribution in [0.4, 0.5) is 5.69 Å². The van der Waals surface area contributed by atoms with E-state index >= 15 is 0 Å². The molecule has 2 amide bonds. The van der Waals surface area contributed by atoms with Crippen LogP contribution in [0.15, 0.2) is 36.4 Å². The molecular formula is C15H12INO3. The van der Waals surface area contributed by atoms with Gasteiger partial charge >= 0.3 is 0 Å². The van der Waals surface area contributed by atoms with Gasteiger partial charge in [-0.2, -0.15) is 0 Å². The number of fused-ring (bicyclic) bond motifs is 5. The molecule has 0 saturated carbocycles. The summed E-state index contributed by atoms with van der Waals surface area (Å²) in [4.78, 5) is 26.6. The maximum atomic E-state index is 12.7. The predicted octanol–water partition coefficient (Wildman–Crippen LogP) is 2.12. The van der Waals surface area contributed by atoms with Gasteiger partial charge in [-0.25, -0.2) is 4.90 Å². The molecule has 0 N–H and O–H groups in total. The van der Waals surface area contributed by atoms with Crippen LogP contribution >= 0.6 is 22.6 Å². The number of halogens is 1. The van der Waals surface area contributed by atoms with Crippen molar-refractivity contribution in [3.05, 3.63) is 40.0 Å². The molecule has 3 aliphatic heterocycles. The molecule has 0 aromatic heterocycles. The fourth-order valence-corrected chi connectivity index (χ4v) is 3.86. The summed E-state index contributed by atoms with van der Waals surface area (Å²) in [6, 6.07) is 7.43. The van der Waals surface area contributed by atoms with E-state index < -0.39 is 5.60 Å². The predicted molar refractivity (Wildman–Crippen MR) is 81.1 cm³/mol. The molecule has 102 valence electrons. The Bertz CT molecular complexity index is 654. The molecule has 1 aromatic rings. The van der Waals surface area contributed by atoms with Gasteiger partial charge in [0.05, 0.1) is 29.2 Å². The third-order valence-corrected chi connectivity index (χ3v) is 5.13. The Hall–Kier alpha value is -1.21. The minimum atomic E-state index is -0.625. The highest BCUT2D eigenvalue weighted by molar-refractivity contribution is 14.1. The lowest BCUT2D eigenvalue weighted by Crippen LogP contribution is -2.38. The van der Waals surface area contributed by atoms with Crippen LogP contribution in [0.3, 0.4) is 0 Å². The van der Waals surface area contributed by atoms with Crippen molar-refractivity contribution in [1.82, 2.24) is 0 Å². The van der Waals surface area contributed by atoms with E-state index in [1.165, 1.54) is 4.90 Å². The minimum absolute atomic E-state index is 0.140. The second-order valence-corrected chi connectivity index (χ2v) is 6.86. The Morgan fingerprint density at radius 2 is 1.90 bits per heavy atom. The second kappa shape index (κ2) is 3.92. The molecule has 1 aromatic carbocycles. The Morgan fingerprint density at radius 3 is 2.55 bits per heavy atom. The van der Waals surface area contributed by atoms with Gasteiger partial charge in [0.25, 0.3) is 0 Å². The van der Waals surface area contributed by atoms with Crippen LogP contribution in [0.25, 0.3) is 0 Å². The van der Waals surface area contributed by atoms with Gasteiger partial charge in [0.2, 0.25) is 11.8 Å². The normalized spacial score (nSPS) is 37.9. The molecule has 4 nitrogen and oxygen atoms in total. The van der Waals surface area contributed by atoms with Crippen molar-refractivity contribution < 1.29 is 14.3 Å². The number of rotatable bonds is 1. The monoisotopic (exact) mass is 381 g/mol. The summed E-state index contributed by atoms with van der Waals surface area (Å²) in [5.74, 6) is -1.03. The van der Waals surface area contributed by atoms with Crippen LogP contribution in [0.5, 0.6) is 0 Å². The molecule has 4 atom stereocenters. The highest BCUT2D eigenvalue weighted by atomic mass is 127. The quantitative estimate of drug-likeness (QED) is 0.426. The van der Waals surface area contributed by atoms with Gasteiger partial charge in [0.15, 0.2) is 0 Å². The number of hydrogen-bond acceptors (Lipinski definition) is 3. The molecule has 5 heteroatoms. The molecule has 2 bridgehead atoms. The topological polar surface area (TPSA) is 46.6 Å². The maximum absolute atomic E-state index is 12.7. The van der Waals surface area contributed by atoms with Gasteiger partial charge in [0, 0.05) is 3.57 Å². The number of nitrogens with zero attached hydrogens (tertiary/aromatic N) is 1. The zero-order valence-electron chi connectivity index (χ0n) is 10.7. The fraction of sp³-hybridized carbons (Fsp3) is 0.333. The number of amides is 2. The lowest BCUT2D eigenvalue weighted by atomic mass is 9.78. The van der Waals surface area contributed by atoms with Gasteiger partial charge in [-0.3, -0.25) is 9.59 Å². The van der Waals surface area contributed by atoms with Gasteiger partial charge in [-0.15, -0.1) is 0 Å². The number of anilines is 1. The first-order valence-electron chi connectivity index (χ1n) is 6.52. The average molecular weight is 381 g/mol. The number of hydrogen-bond donors (Lipinski definition) is 0. The molecule has 20 heavy (non-hydrogen) atoms. The zero-order valence-corrected chi connectivity index (χ0v) is 12.9. The van der Waals surface area contributed by atoms with Crippen molar-refractivity contribution in [2.45, 2.75) is 18.6 Å². The summed E-state index contributed by atoms with van der Waals surface area (Å²) in [5.41, 5.74) is 0.0258. The summed E-state index contributed by atoms with van der Waals surface area (Å²) in [6.45, 7) is 1.89. The molecule has 0 radical (unpaired) electrons. The summed E-state index contributed by atoms with van der Waals surface area (Å²) in [6.07, 6.45) is 3.57. The largest absolute Gasteiger partial charge is 0.362 e. The Balaban J connectivity index is 1.77. The standard InChI is InChI=1S/C15H12INO3/c1-15-7-6-10(20-15)11-12(15)14(19)17(13(11)18)9-4-2-8(16)3-5-9/h2-7,10-12H,1H3/t10-,11-,12-,15+/m1/s1. The van der Waals surface area contributed by atoms with Crippen LogP contribution in [-0.4, -0.2) is 23.5 Å². The van der Waals surface area contributed by atoms with Gasteiger partial charge in [0.1, 0.15) is 0 Å². The Morgan fingerprint density at radius 1 is 1.20 bits per heavy atom. The number of benzene rings is 1. The van der Waals surface area contributed by atoms with Gasteiger partial charge < -0.3 is 4.74 Å². The molecule has 0 aliphatic carbocycles. The zero-order chi connectivity index (χ0) is 14.1. The number of imide groups is 1. The summed E-state index contributed by atoms with van der Waals surface area (Å²) in [5, 5.41) is 0. The SMILES string of the molecule is C[C@@]12C=C[C@@H](O1)[C@H]1C(=O)N(c3ccc(I)cc3)C(=O)[C@@H]12. The van der Waals surface area contributed by atoms with Crippen LogP contribution in [0, 0.1) is 15.4 Å². The van der Waals surface area contributed by atoms with Gasteiger partial charge in [-0.05, 0) is 53.8 Å². The molecule has 0 spiro atoms. The third-order valence-electron chi connectivity index (χ3n) is 4.41. The average Bonchev–Trinajstić information content (AvgIpc) is 3.01. The van der Waals surface area contributed by atoms with Crippen molar-refractivity contribution in [2.75, 3.05) is 4.90 Å². The van der Waals surface area contributed by atoms with E-state index in [1.807, 2.05) is 43.3 Å². The molecule has 3 heterocycles. The molecular weight excluding hydrogens is 369 g/mol. The van der Waals surface area contributed by atoms with Crippen LogP contribution in [0.1, 0.15) is 6.92 Å². The summed E-state index contributed by atoms with van der Waals surface area (Å²) < 4.78 is 6.86. The van der Waals surface area contributed by atoms with Crippen LogP contribution in [0.2, 0.25) is 0 Å². The van der Waals surface area contributed by atoms with E-state index in [0.29, 0.717) is 5.69 Å². The lowest BCUT2D eigenvalue weighted by molar-refractivity contribution is -0.126. The molecule has 4 rings (SSSR count). The van der Waals surface area contributed by atoms with Crippen molar-refractivity contribution in [3.8, 4) is 0 Å². The van der Waals surface area contributed by atoms with E-state index in [0.717, 1.165) is 3.57 Å². The Labute approximate surface area is 129 Å². The highest BCUT2D eigenvalue weighted by Gasteiger charge is 2.65. The minimum Gasteiger partial charge on any atom is -0.362 e. The maximum Gasteiger partial charge on any atom is 0.241 e. The lowest BCUT2D eigenvalue weighted by Gasteiger charge is -2.24. The Kier molecular flexibility index (Phi) is 2.45. The molecule has 0 unspecified atom stereocenters. The van der Waals surface area contributed by atoms with E-state index in [-0.39, 0.29) is 29.8 Å². The van der Waals surface area contributed by atoms with Gasteiger partial charge in [-0.1, -0.05) is 12.2 Å². The summed E-state index contributed by atoms with van der Waals surface area (Å²) in [7, 11) is 0. The first-order chi connectivity index (χ1) is 9.51. The van der Waals surface area contributed by atoms with Crippen LogP contribution in [-0.2, 0) is 14.3 Å². The second-order valence-electron chi connectivity index (χ2n) is 5.62. The van der Waals surface area contributed by atoms with E-state index in [1.54, 1.807) is 0 Å². The van der Waals surface area contributed by atoms with Crippen LogP contribution < -0.4 is 4.90 Å². The van der Waals surface area contributed by atoms with Crippen molar-refractivity contribution in [3.63, 3.8) is 0 Å². The van der Waals surface area contributed by atoms with Crippen molar-refractivity contribution >= 4 is 40.1 Å². The van der Waals surface area contributed by atoms with Crippen molar-refractivity contribution in [2.24, 2.45) is 11.8 Å². The first kappa shape index (κ1) is 12.5. The highest BCUT2D eigenvalue weighted by Crippen LogP contribution is 2.52. The van der Waals surface area contributed by atoms with E-state index in [9.17, 15) is 9.59 Å². The van der Waals surface area contributed by atoms with Crippen molar-refractivity contribution in [1.29, 1.82) is 0 Å². The van der Waals surface area contributed by atoms with E-state index in [4.69, 9.17) is 4.74 Å². The third kappa shape index (κ3) is 1.45. The fourth-order valence-electron chi connectivity index (χ4n) is 3.50. The number of ether oxygens (including phenoxy) is 1.